The zero-order valence-electron chi connectivity index (χ0n) is 25.0. The first-order valence-electron chi connectivity index (χ1n) is 14.4. The number of halogens is 2. The van der Waals surface area contributed by atoms with Crippen molar-refractivity contribution < 1.29 is 37.7 Å². The van der Waals surface area contributed by atoms with Crippen LogP contribution in [0, 0.1) is 11.6 Å². The van der Waals surface area contributed by atoms with Gasteiger partial charge in [-0.3, -0.25) is 14.4 Å². The molecule has 0 atom stereocenters. The Hall–Kier alpha value is -5.25. The van der Waals surface area contributed by atoms with Gasteiger partial charge in [-0.1, -0.05) is 42.5 Å². The van der Waals surface area contributed by atoms with Crippen LogP contribution in [0.5, 0.6) is 11.5 Å². The first-order valence-corrected chi connectivity index (χ1v) is 14.4. The number of hydrogen-bond donors (Lipinski definition) is 2. The van der Waals surface area contributed by atoms with Gasteiger partial charge < -0.3 is 24.8 Å². The van der Waals surface area contributed by atoms with Gasteiger partial charge in [0.25, 0.3) is 11.8 Å². The number of carbonyl (C=O) groups is 3. The number of rotatable bonds is 14. The molecular formula is C35H34F2N2O6. The normalized spacial score (nSPS) is 10.7. The van der Waals surface area contributed by atoms with E-state index < -0.39 is 29.4 Å². The van der Waals surface area contributed by atoms with Crippen LogP contribution in [0.2, 0.25) is 0 Å². The molecule has 10 heteroatoms. The van der Waals surface area contributed by atoms with Crippen LogP contribution in [-0.2, 0) is 17.8 Å². The Labute approximate surface area is 260 Å². The molecule has 0 heterocycles. The summed E-state index contributed by atoms with van der Waals surface area (Å²) in [5, 5.41) is 12.1. The SMILES string of the molecule is CCOc1cc(CCN(CCC(=O)O)C(=O)c2ccccc2-c2ccccc2C(=O)NCc2cc(F)cc(F)c2)ccc1OC. The van der Waals surface area contributed by atoms with Crippen molar-refractivity contribution in [1.82, 2.24) is 10.2 Å². The number of carboxylic acids is 1. The Bertz CT molecular complexity index is 1660. The fraction of sp³-hybridized carbons (Fsp3) is 0.229. The van der Waals surface area contributed by atoms with Crippen molar-refractivity contribution in [2.45, 2.75) is 26.3 Å². The minimum atomic E-state index is -1.04. The van der Waals surface area contributed by atoms with Crippen LogP contribution < -0.4 is 14.8 Å². The lowest BCUT2D eigenvalue weighted by atomic mass is 9.94. The number of carboxylic acid groups (broad SMARTS) is 1. The van der Waals surface area contributed by atoms with Crippen molar-refractivity contribution in [3.63, 3.8) is 0 Å². The molecule has 4 aromatic carbocycles. The minimum Gasteiger partial charge on any atom is -0.493 e. The number of nitrogens with one attached hydrogen (secondary N) is 1. The molecule has 0 aliphatic heterocycles. The lowest BCUT2D eigenvalue weighted by molar-refractivity contribution is -0.137. The van der Waals surface area contributed by atoms with E-state index in [0.29, 0.717) is 41.2 Å². The van der Waals surface area contributed by atoms with Crippen molar-refractivity contribution in [2.75, 3.05) is 26.8 Å². The van der Waals surface area contributed by atoms with E-state index >= 15 is 0 Å². The summed E-state index contributed by atoms with van der Waals surface area (Å²) >= 11 is 0. The molecule has 0 bridgehead atoms. The van der Waals surface area contributed by atoms with Gasteiger partial charge in [0.05, 0.1) is 20.1 Å². The predicted octanol–water partition coefficient (Wildman–Crippen LogP) is 6.13. The highest BCUT2D eigenvalue weighted by Crippen LogP contribution is 2.30. The standard InChI is InChI=1S/C35H34F2N2O6/c1-3-45-32-20-23(12-13-31(32)44-2)14-16-39(17-15-33(40)41)35(43)30-11-7-5-9-28(30)27-8-4-6-10-29(27)34(42)38-22-24-18-25(36)21-26(37)19-24/h4-13,18-21H,3,14-17,22H2,1-2H3,(H,38,42)(H,40,41). The summed E-state index contributed by atoms with van der Waals surface area (Å²) in [6, 6.07) is 22.0. The number of benzene rings is 4. The second-order valence-electron chi connectivity index (χ2n) is 10.2. The second kappa shape index (κ2) is 15.5. The molecule has 4 aromatic rings. The minimum absolute atomic E-state index is 0.0245. The zero-order chi connectivity index (χ0) is 32.3. The quantitative estimate of drug-likeness (QED) is 0.177. The summed E-state index contributed by atoms with van der Waals surface area (Å²) in [5.74, 6) is -2.27. The lowest BCUT2D eigenvalue weighted by Gasteiger charge is -2.24. The molecule has 0 saturated carbocycles. The highest BCUT2D eigenvalue weighted by atomic mass is 19.1. The molecule has 0 saturated heterocycles. The van der Waals surface area contributed by atoms with Gasteiger partial charge in [-0.2, -0.15) is 0 Å². The van der Waals surface area contributed by atoms with Crippen LogP contribution in [0.15, 0.2) is 84.9 Å². The molecule has 45 heavy (non-hydrogen) atoms. The number of hydrogen-bond acceptors (Lipinski definition) is 5. The maximum absolute atomic E-state index is 14.0. The third kappa shape index (κ3) is 8.66. The Kier molecular flexibility index (Phi) is 11.2. The monoisotopic (exact) mass is 616 g/mol. The Morgan fingerprint density at radius 3 is 2.09 bits per heavy atom. The van der Waals surface area contributed by atoms with Crippen LogP contribution in [0.4, 0.5) is 8.78 Å². The molecular weight excluding hydrogens is 582 g/mol. The summed E-state index contributed by atoms with van der Waals surface area (Å²) in [5.41, 5.74) is 2.63. The molecule has 2 N–H and O–H groups in total. The first kappa shape index (κ1) is 32.7. The summed E-state index contributed by atoms with van der Waals surface area (Å²) in [7, 11) is 1.55. The summed E-state index contributed by atoms with van der Waals surface area (Å²) in [4.78, 5) is 40.3. The Morgan fingerprint density at radius 1 is 0.800 bits per heavy atom. The van der Waals surface area contributed by atoms with Gasteiger partial charge in [-0.15, -0.1) is 0 Å². The number of aliphatic carboxylic acids is 1. The average Bonchev–Trinajstić information content (AvgIpc) is 3.03. The molecule has 234 valence electrons. The van der Waals surface area contributed by atoms with E-state index in [4.69, 9.17) is 9.47 Å². The number of ether oxygens (including phenoxy) is 2. The van der Waals surface area contributed by atoms with E-state index in [2.05, 4.69) is 5.32 Å². The van der Waals surface area contributed by atoms with Crippen LogP contribution in [0.3, 0.4) is 0 Å². The summed E-state index contributed by atoms with van der Waals surface area (Å²) in [6.07, 6.45) is 0.178. The van der Waals surface area contributed by atoms with E-state index in [1.165, 1.54) is 4.90 Å². The van der Waals surface area contributed by atoms with Crippen molar-refractivity contribution in [3.05, 3.63) is 119 Å². The van der Waals surface area contributed by atoms with Gasteiger partial charge >= 0.3 is 5.97 Å². The number of methoxy groups -OCH3 is 1. The van der Waals surface area contributed by atoms with Crippen LogP contribution in [0.1, 0.15) is 45.2 Å². The predicted molar refractivity (Wildman–Crippen MR) is 165 cm³/mol. The van der Waals surface area contributed by atoms with E-state index in [-0.39, 0.29) is 37.2 Å². The molecule has 0 radical (unpaired) electrons. The van der Waals surface area contributed by atoms with Crippen molar-refractivity contribution >= 4 is 17.8 Å². The maximum atomic E-state index is 14.0. The summed E-state index contributed by atoms with van der Waals surface area (Å²) in [6.45, 7) is 2.40. The molecule has 2 amide bonds. The second-order valence-corrected chi connectivity index (χ2v) is 10.2. The van der Waals surface area contributed by atoms with Crippen molar-refractivity contribution in [2.24, 2.45) is 0 Å². The van der Waals surface area contributed by atoms with Crippen LogP contribution in [-0.4, -0.2) is 54.6 Å². The molecule has 0 aliphatic rings. The molecule has 0 aliphatic carbocycles. The van der Waals surface area contributed by atoms with E-state index in [0.717, 1.165) is 23.8 Å². The Morgan fingerprint density at radius 2 is 1.44 bits per heavy atom. The average molecular weight is 617 g/mol. The maximum Gasteiger partial charge on any atom is 0.305 e. The van der Waals surface area contributed by atoms with Gasteiger partial charge in [-0.25, -0.2) is 8.78 Å². The topological polar surface area (TPSA) is 105 Å². The van der Waals surface area contributed by atoms with E-state index in [1.807, 2.05) is 19.1 Å². The van der Waals surface area contributed by atoms with Crippen molar-refractivity contribution in [1.29, 1.82) is 0 Å². The first-order chi connectivity index (χ1) is 21.7. The fourth-order valence-corrected chi connectivity index (χ4v) is 4.94. The molecule has 0 aromatic heterocycles. The van der Waals surface area contributed by atoms with Crippen LogP contribution in [0.25, 0.3) is 11.1 Å². The van der Waals surface area contributed by atoms with E-state index in [9.17, 15) is 28.3 Å². The van der Waals surface area contributed by atoms with Gasteiger partial charge in [0.15, 0.2) is 11.5 Å². The highest BCUT2D eigenvalue weighted by molar-refractivity contribution is 6.06. The Balaban J connectivity index is 1.60. The molecule has 0 unspecified atom stereocenters. The molecule has 0 spiro atoms. The van der Waals surface area contributed by atoms with Gasteiger partial charge in [0.2, 0.25) is 0 Å². The fourth-order valence-electron chi connectivity index (χ4n) is 4.94. The zero-order valence-corrected chi connectivity index (χ0v) is 25.0. The van der Waals surface area contributed by atoms with Gasteiger partial charge in [0, 0.05) is 36.8 Å². The smallest absolute Gasteiger partial charge is 0.305 e. The number of amides is 2. The van der Waals surface area contributed by atoms with Gasteiger partial charge in [-0.05, 0) is 72.0 Å². The molecule has 0 fully saturated rings. The largest absolute Gasteiger partial charge is 0.493 e. The summed E-state index contributed by atoms with van der Waals surface area (Å²) < 4.78 is 38.3. The molecule has 4 rings (SSSR count). The lowest BCUT2D eigenvalue weighted by Crippen LogP contribution is -2.35. The number of nitrogens with zero attached hydrogens (tertiary/aromatic N) is 1. The third-order valence-corrected chi connectivity index (χ3v) is 7.08. The highest BCUT2D eigenvalue weighted by Gasteiger charge is 2.23. The molecule has 8 nitrogen and oxygen atoms in total. The van der Waals surface area contributed by atoms with E-state index in [1.54, 1.807) is 61.7 Å². The third-order valence-electron chi connectivity index (χ3n) is 7.08. The van der Waals surface area contributed by atoms with Gasteiger partial charge in [0.1, 0.15) is 11.6 Å². The van der Waals surface area contributed by atoms with Crippen molar-refractivity contribution in [3.8, 4) is 22.6 Å². The number of carbonyl (C=O) groups excluding carboxylic acids is 2. The van der Waals surface area contributed by atoms with Crippen LogP contribution >= 0.6 is 0 Å².